The van der Waals surface area contributed by atoms with Gasteiger partial charge >= 0.3 is 6.03 Å². The molecule has 6 heteroatoms. The van der Waals surface area contributed by atoms with Gasteiger partial charge in [0.25, 0.3) is 0 Å². The molecule has 1 aliphatic rings. The van der Waals surface area contributed by atoms with Gasteiger partial charge in [0.1, 0.15) is 0 Å². The number of aromatic nitrogens is 1. The molecule has 1 atom stereocenters. The topological polar surface area (TPSA) is 57.7 Å². The molecule has 0 saturated carbocycles. The van der Waals surface area contributed by atoms with E-state index in [1.54, 1.807) is 7.11 Å². The summed E-state index contributed by atoms with van der Waals surface area (Å²) in [5, 5.41) is 3.06. The van der Waals surface area contributed by atoms with Crippen LogP contribution in [-0.4, -0.2) is 61.9 Å². The Morgan fingerprint density at radius 2 is 2.22 bits per heavy atom. The van der Waals surface area contributed by atoms with Crippen LogP contribution in [0.1, 0.15) is 25.3 Å². The summed E-state index contributed by atoms with van der Waals surface area (Å²) in [6.07, 6.45) is 5.56. The first-order chi connectivity index (χ1) is 11.2. The largest absolute Gasteiger partial charge is 0.383 e. The third-order valence-corrected chi connectivity index (χ3v) is 4.30. The number of carbonyl (C=O) groups excluding carboxylic acids is 1. The van der Waals surface area contributed by atoms with E-state index in [0.29, 0.717) is 6.61 Å². The summed E-state index contributed by atoms with van der Waals surface area (Å²) < 4.78 is 5.15. The van der Waals surface area contributed by atoms with Crippen molar-refractivity contribution >= 4 is 11.7 Å². The van der Waals surface area contributed by atoms with Crippen molar-refractivity contribution in [1.29, 1.82) is 0 Å². The quantitative estimate of drug-likeness (QED) is 0.902. The van der Waals surface area contributed by atoms with Crippen LogP contribution >= 0.6 is 0 Å². The first-order valence-electron chi connectivity index (χ1n) is 8.35. The Hall–Kier alpha value is -1.82. The van der Waals surface area contributed by atoms with Crippen LogP contribution < -0.4 is 10.2 Å². The van der Waals surface area contributed by atoms with Crippen molar-refractivity contribution in [3.8, 4) is 0 Å². The van der Waals surface area contributed by atoms with Crippen molar-refractivity contribution in [2.24, 2.45) is 0 Å². The highest BCUT2D eigenvalue weighted by molar-refractivity contribution is 5.74. The SMILES string of the molecule is CC[C@@H](COC)NC(=O)N1CCCN(c2ccncc2C)CC1. The van der Waals surface area contributed by atoms with Crippen LogP contribution in [0.25, 0.3) is 0 Å². The Kier molecular flexibility index (Phi) is 6.65. The highest BCUT2D eigenvalue weighted by Crippen LogP contribution is 2.20. The summed E-state index contributed by atoms with van der Waals surface area (Å²) in [4.78, 5) is 20.8. The number of ether oxygens (including phenoxy) is 1. The van der Waals surface area contributed by atoms with Gasteiger partial charge in [-0.25, -0.2) is 4.79 Å². The molecule has 1 aromatic heterocycles. The zero-order valence-corrected chi connectivity index (χ0v) is 14.4. The number of rotatable bonds is 5. The second-order valence-corrected chi connectivity index (χ2v) is 6.00. The molecule has 128 valence electrons. The molecule has 0 aromatic carbocycles. The Labute approximate surface area is 138 Å². The standard InChI is InChI=1S/C17H28N4O2/c1-4-15(13-23-3)19-17(22)21-9-5-8-20(10-11-21)16-6-7-18-12-14(16)2/h6-7,12,15H,4-5,8-11,13H2,1-3H3,(H,19,22)/t15-/m0/s1. The molecule has 0 aliphatic carbocycles. The summed E-state index contributed by atoms with van der Waals surface area (Å²) in [6, 6.07) is 2.15. The first kappa shape index (κ1) is 17.5. The van der Waals surface area contributed by atoms with Gasteiger partial charge in [0.05, 0.1) is 12.6 Å². The maximum Gasteiger partial charge on any atom is 0.317 e. The first-order valence-corrected chi connectivity index (χ1v) is 8.35. The molecule has 1 aliphatic heterocycles. The highest BCUT2D eigenvalue weighted by atomic mass is 16.5. The Bertz CT molecular complexity index is 509. The number of amides is 2. The fraction of sp³-hybridized carbons (Fsp3) is 0.647. The Morgan fingerprint density at radius 1 is 1.39 bits per heavy atom. The van der Waals surface area contributed by atoms with Crippen LogP contribution in [-0.2, 0) is 4.74 Å². The Balaban J connectivity index is 1.93. The van der Waals surface area contributed by atoms with Gasteiger partial charge in [0.2, 0.25) is 0 Å². The van der Waals surface area contributed by atoms with Gasteiger partial charge in [0.15, 0.2) is 0 Å². The molecule has 1 aromatic rings. The van der Waals surface area contributed by atoms with Crippen LogP contribution in [0.3, 0.4) is 0 Å². The van der Waals surface area contributed by atoms with Crippen LogP contribution in [0.4, 0.5) is 10.5 Å². The Morgan fingerprint density at radius 3 is 2.91 bits per heavy atom. The lowest BCUT2D eigenvalue weighted by molar-refractivity contribution is 0.154. The van der Waals surface area contributed by atoms with E-state index in [2.05, 4.69) is 35.1 Å². The van der Waals surface area contributed by atoms with Gasteiger partial charge < -0.3 is 19.9 Å². The van der Waals surface area contributed by atoms with Crippen molar-refractivity contribution in [2.45, 2.75) is 32.7 Å². The number of nitrogens with one attached hydrogen (secondary N) is 1. The predicted octanol–water partition coefficient (Wildman–Crippen LogP) is 2.04. The molecule has 23 heavy (non-hydrogen) atoms. The number of hydrogen-bond acceptors (Lipinski definition) is 4. The minimum Gasteiger partial charge on any atom is -0.383 e. The number of nitrogens with zero attached hydrogens (tertiary/aromatic N) is 3. The number of hydrogen-bond donors (Lipinski definition) is 1. The third-order valence-electron chi connectivity index (χ3n) is 4.30. The molecule has 0 bridgehead atoms. The minimum absolute atomic E-state index is 0.0159. The molecule has 1 N–H and O–H groups in total. The molecule has 2 heterocycles. The molecule has 2 amide bonds. The summed E-state index contributed by atoms with van der Waals surface area (Å²) in [5.74, 6) is 0. The predicted molar refractivity (Wildman–Crippen MR) is 91.9 cm³/mol. The molecular formula is C17H28N4O2. The van der Waals surface area contributed by atoms with Crippen LogP contribution in [0.2, 0.25) is 0 Å². The van der Waals surface area contributed by atoms with Gasteiger partial charge in [-0.05, 0) is 31.4 Å². The fourth-order valence-corrected chi connectivity index (χ4v) is 2.91. The lowest BCUT2D eigenvalue weighted by atomic mass is 10.2. The van der Waals surface area contributed by atoms with E-state index in [0.717, 1.165) is 39.0 Å². The van der Waals surface area contributed by atoms with E-state index in [9.17, 15) is 4.79 Å². The smallest absolute Gasteiger partial charge is 0.317 e. The van der Waals surface area contributed by atoms with Crippen molar-refractivity contribution in [1.82, 2.24) is 15.2 Å². The van der Waals surface area contributed by atoms with Crippen LogP contribution in [0, 0.1) is 6.92 Å². The lowest BCUT2D eigenvalue weighted by Gasteiger charge is -2.26. The second-order valence-electron chi connectivity index (χ2n) is 6.00. The van der Waals surface area contributed by atoms with Crippen LogP contribution in [0.5, 0.6) is 0 Å². The molecule has 0 unspecified atom stereocenters. The summed E-state index contributed by atoms with van der Waals surface area (Å²) in [5.41, 5.74) is 2.39. The molecule has 2 rings (SSSR count). The minimum atomic E-state index is 0.0159. The molecule has 1 fully saturated rings. The van der Waals surface area contributed by atoms with E-state index >= 15 is 0 Å². The van der Waals surface area contributed by atoms with E-state index in [1.807, 2.05) is 17.3 Å². The van der Waals surface area contributed by atoms with Crippen molar-refractivity contribution in [3.05, 3.63) is 24.0 Å². The maximum atomic E-state index is 12.4. The van der Waals surface area contributed by atoms with Gasteiger partial charge in [0, 0.05) is 51.4 Å². The van der Waals surface area contributed by atoms with Crippen LogP contribution in [0.15, 0.2) is 18.5 Å². The van der Waals surface area contributed by atoms with E-state index < -0.39 is 0 Å². The van der Waals surface area contributed by atoms with Crippen molar-refractivity contribution < 1.29 is 9.53 Å². The van der Waals surface area contributed by atoms with Gasteiger partial charge in [-0.15, -0.1) is 0 Å². The summed E-state index contributed by atoms with van der Waals surface area (Å²) in [6.45, 7) is 8.02. The number of carbonyl (C=O) groups is 1. The second kappa shape index (κ2) is 8.72. The fourth-order valence-electron chi connectivity index (χ4n) is 2.91. The molecule has 0 spiro atoms. The van der Waals surface area contributed by atoms with Crippen molar-refractivity contribution in [2.75, 3.05) is 44.8 Å². The highest BCUT2D eigenvalue weighted by Gasteiger charge is 2.21. The normalized spacial score (nSPS) is 16.8. The molecular weight excluding hydrogens is 292 g/mol. The zero-order valence-electron chi connectivity index (χ0n) is 14.4. The number of methoxy groups -OCH3 is 1. The number of aryl methyl sites for hydroxylation is 1. The number of pyridine rings is 1. The van der Waals surface area contributed by atoms with E-state index in [-0.39, 0.29) is 12.1 Å². The lowest BCUT2D eigenvalue weighted by Crippen LogP contribution is -2.47. The van der Waals surface area contributed by atoms with Gasteiger partial charge in [-0.1, -0.05) is 6.92 Å². The number of urea groups is 1. The maximum absolute atomic E-state index is 12.4. The monoisotopic (exact) mass is 320 g/mol. The average molecular weight is 320 g/mol. The van der Waals surface area contributed by atoms with E-state index in [4.69, 9.17) is 4.74 Å². The average Bonchev–Trinajstić information content (AvgIpc) is 2.81. The summed E-state index contributed by atoms with van der Waals surface area (Å²) >= 11 is 0. The van der Waals surface area contributed by atoms with Gasteiger partial charge in [-0.3, -0.25) is 4.98 Å². The van der Waals surface area contributed by atoms with Gasteiger partial charge in [-0.2, -0.15) is 0 Å². The number of anilines is 1. The van der Waals surface area contributed by atoms with Crippen molar-refractivity contribution in [3.63, 3.8) is 0 Å². The third kappa shape index (κ3) is 4.82. The summed E-state index contributed by atoms with van der Waals surface area (Å²) in [7, 11) is 1.66. The molecule has 6 nitrogen and oxygen atoms in total. The molecule has 1 saturated heterocycles. The zero-order chi connectivity index (χ0) is 16.7. The molecule has 0 radical (unpaired) electrons. The van der Waals surface area contributed by atoms with E-state index in [1.165, 1.54) is 11.3 Å².